The number of amides is 4. The van der Waals surface area contributed by atoms with Crippen molar-refractivity contribution in [1.82, 2.24) is 54.7 Å². The van der Waals surface area contributed by atoms with Crippen LogP contribution in [-0.2, 0) is 43.0 Å². The number of nitrogens with one attached hydrogen (secondary N) is 1. The molecule has 2 aliphatic heterocycles. The van der Waals surface area contributed by atoms with Crippen LogP contribution in [0.4, 0.5) is 17.8 Å². The van der Waals surface area contributed by atoms with Crippen molar-refractivity contribution in [1.29, 1.82) is 0 Å². The third kappa shape index (κ3) is 16.3. The van der Waals surface area contributed by atoms with Gasteiger partial charge in [0.05, 0.1) is 68.9 Å². The quantitative estimate of drug-likeness (QED) is 0.0261. The molecule has 5 rings (SSSR count). The standard InChI is InChI=1S/C40H60N18O11/c1-2-16-67-18-20-69-21-19-68-17-7-45-38-46-39(55-12-8-53(9-13-55)36(65)30(3-5-34(61)62)57-24-28(49-51-57)26(41)22-32(43)59)48-40(47-38)56-14-10-54(11-15-56)37(66)31(4-6-35(63)64)58-25-29(50-52-58)27(42)23-33(44)60/h1,24-27,30-31H,3-23,41-42H2,(H2,43,59)(H2,44,60)(H,61,62)(H,63,64)(H,45,46,47,48)/t26-,27-,30-,31-/m0/s1. The molecule has 11 N–H and O–H groups in total. The summed E-state index contributed by atoms with van der Waals surface area (Å²) < 4.78 is 18.9. The number of aliphatic carboxylic acids is 2. The molecule has 0 aromatic carbocycles. The number of carbonyl (C=O) groups excluding carboxylic acids is 4. The summed E-state index contributed by atoms with van der Waals surface area (Å²) in [6, 6.07) is -3.76. The van der Waals surface area contributed by atoms with Crippen LogP contribution in [0.3, 0.4) is 0 Å². The molecule has 29 nitrogen and oxygen atoms in total. The number of piperazine rings is 2. The van der Waals surface area contributed by atoms with Crippen LogP contribution in [0.15, 0.2) is 12.4 Å². The van der Waals surface area contributed by atoms with Crippen molar-refractivity contribution >= 4 is 53.4 Å². The maximum atomic E-state index is 14.0. The largest absolute Gasteiger partial charge is 0.481 e. The fourth-order valence-electron chi connectivity index (χ4n) is 7.32. The number of carboxylic acid groups (broad SMARTS) is 2. The number of ether oxygens (including phenoxy) is 3. The van der Waals surface area contributed by atoms with E-state index in [1.54, 1.807) is 9.80 Å². The fraction of sp³-hybridized carbons (Fsp3) is 0.625. The van der Waals surface area contributed by atoms with Gasteiger partial charge in [0.2, 0.25) is 41.5 Å². The molecule has 69 heavy (non-hydrogen) atoms. The number of hydrogen-bond donors (Lipinski definition) is 7. The van der Waals surface area contributed by atoms with Gasteiger partial charge in [-0.2, -0.15) is 15.0 Å². The Hall–Kier alpha value is -7.13. The molecule has 2 fully saturated rings. The molecule has 0 saturated carbocycles. The predicted molar refractivity (Wildman–Crippen MR) is 241 cm³/mol. The van der Waals surface area contributed by atoms with Crippen molar-refractivity contribution in [3.8, 4) is 12.3 Å². The van der Waals surface area contributed by atoms with Crippen LogP contribution in [0.5, 0.6) is 0 Å². The van der Waals surface area contributed by atoms with Crippen molar-refractivity contribution in [2.24, 2.45) is 22.9 Å². The van der Waals surface area contributed by atoms with E-state index >= 15 is 0 Å². The summed E-state index contributed by atoms with van der Waals surface area (Å²) in [5.74, 6) is -1.01. The smallest absolute Gasteiger partial charge is 0.303 e. The van der Waals surface area contributed by atoms with Crippen LogP contribution in [0.1, 0.15) is 74.1 Å². The number of primary amides is 2. The van der Waals surface area contributed by atoms with Gasteiger partial charge in [0, 0.05) is 84.6 Å². The van der Waals surface area contributed by atoms with Crippen LogP contribution in [0, 0.1) is 12.3 Å². The summed E-state index contributed by atoms with van der Waals surface area (Å²) in [7, 11) is 0. The number of anilines is 3. The minimum atomic E-state index is -1.10. The van der Waals surface area contributed by atoms with E-state index < -0.39 is 47.9 Å². The van der Waals surface area contributed by atoms with Gasteiger partial charge in [-0.05, 0) is 12.8 Å². The molecule has 5 heterocycles. The second-order valence-electron chi connectivity index (χ2n) is 16.0. The van der Waals surface area contributed by atoms with E-state index in [2.05, 4.69) is 31.9 Å². The molecule has 0 spiro atoms. The Bertz CT molecular complexity index is 2110. The number of nitrogens with zero attached hydrogens (tertiary/aromatic N) is 13. The molecule has 0 radical (unpaired) electrons. The van der Waals surface area contributed by atoms with E-state index in [1.807, 2.05) is 9.80 Å². The van der Waals surface area contributed by atoms with E-state index in [4.69, 9.17) is 58.5 Å². The lowest BCUT2D eigenvalue weighted by atomic mass is 10.1. The highest BCUT2D eigenvalue weighted by molar-refractivity contribution is 5.82. The molecular weight excluding hydrogens is 909 g/mol. The molecule has 0 aliphatic carbocycles. The van der Waals surface area contributed by atoms with Gasteiger partial charge >= 0.3 is 11.9 Å². The molecule has 29 heteroatoms. The number of carbonyl (C=O) groups is 6. The first-order valence-electron chi connectivity index (χ1n) is 22.2. The van der Waals surface area contributed by atoms with Crippen molar-refractivity contribution in [2.75, 3.05) is 114 Å². The number of aromatic nitrogens is 9. The molecule has 2 aliphatic rings. The van der Waals surface area contributed by atoms with Crippen LogP contribution >= 0.6 is 0 Å². The average molecular weight is 969 g/mol. The van der Waals surface area contributed by atoms with Gasteiger partial charge in [0.15, 0.2) is 0 Å². The minimum absolute atomic E-state index is 0.0801. The third-order valence-corrected chi connectivity index (χ3v) is 10.9. The van der Waals surface area contributed by atoms with Gasteiger partial charge in [0.1, 0.15) is 18.7 Å². The SMILES string of the molecule is C#CCOCCOCCOCCNc1nc(N2CCN(C(=O)[C@H](CCC(=O)O)n3cc([C@@H](N)CC(N)=O)nn3)CC2)nc(N2CCN(C(=O)[C@H](CCC(=O)O)n3cc([C@@H](N)CC(N)=O)nn3)CC2)n1. The van der Waals surface area contributed by atoms with Gasteiger partial charge in [0.25, 0.3) is 0 Å². The minimum Gasteiger partial charge on any atom is -0.481 e. The lowest BCUT2D eigenvalue weighted by Crippen LogP contribution is -2.52. The molecule has 4 amide bonds. The van der Waals surface area contributed by atoms with Crippen LogP contribution in [0.2, 0.25) is 0 Å². The zero-order valence-corrected chi connectivity index (χ0v) is 38.1. The van der Waals surface area contributed by atoms with Gasteiger partial charge in [-0.3, -0.25) is 28.8 Å². The highest BCUT2D eigenvalue weighted by Gasteiger charge is 2.34. The van der Waals surface area contributed by atoms with Gasteiger partial charge in [-0.25, -0.2) is 9.36 Å². The van der Waals surface area contributed by atoms with Gasteiger partial charge < -0.3 is 72.3 Å². The molecule has 3 aromatic heterocycles. The second kappa shape index (κ2) is 26.4. The Balaban J connectivity index is 1.27. The number of nitrogens with two attached hydrogens (primary N) is 4. The molecule has 3 aromatic rings. The van der Waals surface area contributed by atoms with Crippen LogP contribution in [-0.4, -0.2) is 199 Å². The predicted octanol–water partition coefficient (Wildman–Crippen LogP) is -3.59. The molecule has 2 saturated heterocycles. The van der Waals surface area contributed by atoms with E-state index in [9.17, 15) is 39.0 Å². The zero-order chi connectivity index (χ0) is 49.9. The van der Waals surface area contributed by atoms with Crippen LogP contribution in [0.25, 0.3) is 0 Å². The molecule has 376 valence electrons. The lowest BCUT2D eigenvalue weighted by Gasteiger charge is -2.38. The lowest BCUT2D eigenvalue weighted by molar-refractivity contribution is -0.140. The van der Waals surface area contributed by atoms with E-state index in [0.29, 0.717) is 71.0 Å². The summed E-state index contributed by atoms with van der Waals surface area (Å²) in [4.78, 5) is 95.2. The maximum Gasteiger partial charge on any atom is 0.303 e. The Morgan fingerprint density at radius 3 is 1.48 bits per heavy atom. The first kappa shape index (κ1) is 52.8. The monoisotopic (exact) mass is 968 g/mol. The summed E-state index contributed by atoms with van der Waals surface area (Å²) in [5, 5.41) is 38.2. The second-order valence-corrected chi connectivity index (χ2v) is 16.0. The number of rotatable bonds is 29. The highest BCUT2D eigenvalue weighted by atomic mass is 16.5. The van der Waals surface area contributed by atoms with E-state index in [-0.39, 0.29) is 107 Å². The van der Waals surface area contributed by atoms with Gasteiger partial charge in [-0.1, -0.05) is 16.3 Å². The average Bonchev–Trinajstić information content (AvgIpc) is 4.02. The Morgan fingerprint density at radius 2 is 1.07 bits per heavy atom. The maximum absolute atomic E-state index is 14.0. The normalized spacial score (nSPS) is 15.8. The number of carboxylic acids is 2. The van der Waals surface area contributed by atoms with Crippen molar-refractivity contribution in [2.45, 2.75) is 62.7 Å². The molecule has 4 atom stereocenters. The topological polar surface area (TPSA) is 400 Å². The summed E-state index contributed by atoms with van der Waals surface area (Å²) >= 11 is 0. The fourth-order valence-corrected chi connectivity index (χ4v) is 7.32. The highest BCUT2D eigenvalue weighted by Crippen LogP contribution is 2.25. The Morgan fingerprint density at radius 1 is 0.652 bits per heavy atom. The summed E-state index contributed by atoms with van der Waals surface area (Å²) in [5.41, 5.74) is 23.1. The zero-order valence-electron chi connectivity index (χ0n) is 38.1. The molecule has 0 unspecified atom stereocenters. The van der Waals surface area contributed by atoms with Crippen LogP contribution < -0.4 is 38.1 Å². The van der Waals surface area contributed by atoms with Gasteiger partial charge in [-0.15, -0.1) is 16.6 Å². The summed E-state index contributed by atoms with van der Waals surface area (Å²) in [6.07, 6.45) is 6.80. The number of hydrogen-bond acceptors (Lipinski definition) is 21. The third-order valence-electron chi connectivity index (χ3n) is 10.9. The van der Waals surface area contributed by atoms with E-state index in [1.165, 1.54) is 21.8 Å². The summed E-state index contributed by atoms with van der Waals surface area (Å²) in [6.45, 7) is 4.27. The molecular formula is C40H60N18O11. The van der Waals surface area contributed by atoms with Crippen molar-refractivity contribution < 1.29 is 53.2 Å². The first-order valence-corrected chi connectivity index (χ1v) is 22.2. The number of terminal acetylenes is 1. The van der Waals surface area contributed by atoms with Crippen molar-refractivity contribution in [3.63, 3.8) is 0 Å². The Kier molecular flexibility index (Phi) is 20.2. The Labute approximate surface area is 396 Å². The molecule has 0 bridgehead atoms. The van der Waals surface area contributed by atoms with Crippen molar-refractivity contribution in [3.05, 3.63) is 23.8 Å². The van der Waals surface area contributed by atoms with E-state index in [0.717, 1.165) is 0 Å². The first-order chi connectivity index (χ1) is 33.1.